The Kier molecular flexibility index (Phi) is 6.78. The third kappa shape index (κ3) is 5.26. The van der Waals surface area contributed by atoms with Crippen molar-refractivity contribution in [3.05, 3.63) is 47.4 Å². The second-order valence-corrected chi connectivity index (χ2v) is 9.51. The summed E-state index contributed by atoms with van der Waals surface area (Å²) in [4.78, 5) is 28.4. The molecular formula is C19H23ClN5O6P. The minimum absolute atomic E-state index is 0.0502. The molecule has 1 aliphatic heterocycles. The normalized spacial score (nSPS) is 21.3. The first-order valence-electron chi connectivity index (χ1n) is 9.83. The van der Waals surface area contributed by atoms with Crippen LogP contribution in [-0.2, 0) is 20.6 Å². The first kappa shape index (κ1) is 23.1. The molecule has 1 aromatic carbocycles. The molecule has 4 rings (SSSR count). The van der Waals surface area contributed by atoms with Gasteiger partial charge in [-0.05, 0) is 17.2 Å². The second kappa shape index (κ2) is 9.40. The monoisotopic (exact) mass is 483 g/mol. The van der Waals surface area contributed by atoms with Gasteiger partial charge in [0, 0.05) is 20.0 Å². The number of hydrogen-bond acceptors (Lipinski definition) is 8. The Morgan fingerprint density at radius 3 is 2.78 bits per heavy atom. The molecule has 3 N–H and O–H groups in total. The minimum atomic E-state index is -4.30. The maximum absolute atomic E-state index is 10.9. The highest BCUT2D eigenvalue weighted by molar-refractivity contribution is 7.51. The van der Waals surface area contributed by atoms with Gasteiger partial charge in [0.1, 0.15) is 18.3 Å². The standard InChI is InChI=1S/C19H23ClN5O6P/c1-24(9-12-5-3-2-4-6-12)17-13-8-21-25(18(13)23-19(20)22-17)16-7-14(26)15(31-16)10-30-11-32(27,28)29/h2-6,8,14-16,26H,7,9-11H2,1H3,(H2,27,28,29)/t14-,15+,16+/m0/s1. The van der Waals surface area contributed by atoms with Crippen molar-refractivity contribution in [2.24, 2.45) is 0 Å². The maximum Gasteiger partial charge on any atom is 0.350 e. The maximum atomic E-state index is 10.9. The van der Waals surface area contributed by atoms with Gasteiger partial charge in [0.25, 0.3) is 0 Å². The number of nitrogens with zero attached hydrogens (tertiary/aromatic N) is 5. The molecule has 2 aromatic heterocycles. The van der Waals surface area contributed by atoms with E-state index in [0.29, 0.717) is 23.4 Å². The first-order chi connectivity index (χ1) is 15.2. The number of ether oxygens (including phenoxy) is 2. The van der Waals surface area contributed by atoms with Gasteiger partial charge in [-0.2, -0.15) is 15.1 Å². The molecule has 0 saturated carbocycles. The molecule has 3 heterocycles. The molecule has 0 amide bonds. The zero-order valence-electron chi connectivity index (χ0n) is 17.2. The van der Waals surface area contributed by atoms with E-state index in [4.69, 9.17) is 30.9 Å². The lowest BCUT2D eigenvalue weighted by atomic mass is 10.2. The Hall–Kier alpha value is -2.11. The topological polar surface area (TPSA) is 143 Å². The summed E-state index contributed by atoms with van der Waals surface area (Å²) in [5.74, 6) is 0.607. The molecule has 3 atom stereocenters. The highest BCUT2D eigenvalue weighted by Gasteiger charge is 2.37. The van der Waals surface area contributed by atoms with Crippen molar-refractivity contribution in [2.75, 3.05) is 24.9 Å². The molecule has 0 bridgehead atoms. The summed E-state index contributed by atoms with van der Waals surface area (Å²) in [6.07, 6.45) is -1.22. The van der Waals surface area contributed by atoms with Crippen molar-refractivity contribution in [1.29, 1.82) is 0 Å². The van der Waals surface area contributed by atoms with Gasteiger partial charge in [-0.1, -0.05) is 30.3 Å². The van der Waals surface area contributed by atoms with E-state index in [1.165, 1.54) is 4.68 Å². The van der Waals surface area contributed by atoms with Crippen molar-refractivity contribution < 1.29 is 28.9 Å². The number of aliphatic hydroxyl groups excluding tert-OH is 1. The van der Waals surface area contributed by atoms with Crippen LogP contribution in [0.2, 0.25) is 5.28 Å². The molecule has 0 unspecified atom stereocenters. The van der Waals surface area contributed by atoms with E-state index in [-0.39, 0.29) is 18.3 Å². The van der Waals surface area contributed by atoms with Gasteiger partial charge < -0.3 is 29.3 Å². The quantitative estimate of drug-likeness (QED) is 0.321. The van der Waals surface area contributed by atoms with Crippen LogP contribution in [0.25, 0.3) is 11.0 Å². The fourth-order valence-electron chi connectivity index (χ4n) is 3.62. The molecule has 32 heavy (non-hydrogen) atoms. The third-order valence-electron chi connectivity index (χ3n) is 5.05. The number of hydrogen-bond donors (Lipinski definition) is 3. The molecule has 1 fully saturated rings. The summed E-state index contributed by atoms with van der Waals surface area (Å²) in [6, 6.07) is 9.91. The highest BCUT2D eigenvalue weighted by atomic mass is 35.5. The van der Waals surface area contributed by atoms with Crippen LogP contribution in [0, 0.1) is 0 Å². The van der Waals surface area contributed by atoms with Crippen LogP contribution in [0.4, 0.5) is 5.82 Å². The van der Waals surface area contributed by atoms with Gasteiger partial charge in [-0.25, -0.2) is 4.68 Å². The number of halogens is 1. The van der Waals surface area contributed by atoms with E-state index >= 15 is 0 Å². The summed E-state index contributed by atoms with van der Waals surface area (Å²) < 4.78 is 23.3. The van der Waals surface area contributed by atoms with Gasteiger partial charge >= 0.3 is 7.60 Å². The number of fused-ring (bicyclic) bond motifs is 1. The van der Waals surface area contributed by atoms with Crippen LogP contribution in [-0.4, -0.2) is 66.9 Å². The molecule has 13 heteroatoms. The van der Waals surface area contributed by atoms with E-state index in [1.807, 2.05) is 42.3 Å². The Bertz CT molecular complexity index is 1130. The number of aromatic nitrogens is 4. The van der Waals surface area contributed by atoms with Gasteiger partial charge in [-0.15, -0.1) is 0 Å². The highest BCUT2D eigenvalue weighted by Crippen LogP contribution is 2.36. The smallest absolute Gasteiger partial charge is 0.350 e. The summed E-state index contributed by atoms with van der Waals surface area (Å²) in [6.45, 7) is 0.439. The minimum Gasteiger partial charge on any atom is -0.390 e. The van der Waals surface area contributed by atoms with Gasteiger partial charge in [0.15, 0.2) is 11.9 Å². The van der Waals surface area contributed by atoms with E-state index < -0.39 is 32.4 Å². The molecule has 1 aliphatic rings. The molecule has 3 aromatic rings. The summed E-state index contributed by atoms with van der Waals surface area (Å²) in [5.41, 5.74) is 1.56. The van der Waals surface area contributed by atoms with Crippen LogP contribution < -0.4 is 4.90 Å². The van der Waals surface area contributed by atoms with Crippen molar-refractivity contribution >= 4 is 36.0 Å². The zero-order chi connectivity index (χ0) is 22.9. The van der Waals surface area contributed by atoms with Crippen molar-refractivity contribution in [3.63, 3.8) is 0 Å². The largest absolute Gasteiger partial charge is 0.390 e. The van der Waals surface area contributed by atoms with Crippen LogP contribution in [0.5, 0.6) is 0 Å². The molecule has 0 radical (unpaired) electrons. The Balaban J connectivity index is 1.54. The third-order valence-corrected chi connectivity index (χ3v) is 5.74. The Morgan fingerprint density at radius 1 is 1.31 bits per heavy atom. The Labute approximate surface area is 188 Å². The average Bonchev–Trinajstić information content (AvgIpc) is 3.30. The molecule has 11 nitrogen and oxygen atoms in total. The first-order valence-corrected chi connectivity index (χ1v) is 12.0. The van der Waals surface area contributed by atoms with E-state index in [2.05, 4.69) is 15.1 Å². The SMILES string of the molecule is CN(Cc1ccccc1)c1nc(Cl)nc2c1cnn2[C@H]1C[C@H](O)[C@@H](COCP(=O)(O)O)O1. The lowest BCUT2D eigenvalue weighted by molar-refractivity contribution is -0.0596. The lowest BCUT2D eigenvalue weighted by Crippen LogP contribution is -2.26. The van der Waals surface area contributed by atoms with E-state index in [0.717, 1.165) is 5.56 Å². The molecule has 0 spiro atoms. The second-order valence-electron chi connectivity index (χ2n) is 7.58. The average molecular weight is 484 g/mol. The lowest BCUT2D eigenvalue weighted by Gasteiger charge is -2.19. The van der Waals surface area contributed by atoms with E-state index in [9.17, 15) is 9.67 Å². The molecular weight excluding hydrogens is 461 g/mol. The van der Waals surface area contributed by atoms with E-state index in [1.54, 1.807) is 6.20 Å². The molecule has 172 valence electrons. The fraction of sp³-hybridized carbons (Fsp3) is 0.421. The van der Waals surface area contributed by atoms with Crippen LogP contribution in [0.3, 0.4) is 0 Å². The van der Waals surface area contributed by atoms with Crippen LogP contribution in [0.15, 0.2) is 36.5 Å². The predicted octanol–water partition coefficient (Wildman–Crippen LogP) is 1.92. The summed E-state index contributed by atoms with van der Waals surface area (Å²) in [7, 11) is -2.40. The Morgan fingerprint density at radius 2 is 2.06 bits per heavy atom. The van der Waals surface area contributed by atoms with Crippen molar-refractivity contribution in [2.45, 2.75) is 31.4 Å². The van der Waals surface area contributed by atoms with Gasteiger partial charge in [0.05, 0.1) is 24.3 Å². The van der Waals surface area contributed by atoms with Crippen molar-refractivity contribution in [3.8, 4) is 0 Å². The number of anilines is 1. The fourth-order valence-corrected chi connectivity index (χ4v) is 4.12. The number of rotatable bonds is 8. The molecule has 1 saturated heterocycles. The number of aliphatic hydroxyl groups is 1. The zero-order valence-corrected chi connectivity index (χ0v) is 18.8. The van der Waals surface area contributed by atoms with Gasteiger partial charge in [-0.3, -0.25) is 4.57 Å². The van der Waals surface area contributed by atoms with Crippen LogP contribution >= 0.6 is 19.2 Å². The summed E-state index contributed by atoms with van der Waals surface area (Å²) in [5, 5.41) is 15.4. The number of benzene rings is 1. The van der Waals surface area contributed by atoms with Crippen LogP contribution in [0.1, 0.15) is 18.2 Å². The summed E-state index contributed by atoms with van der Waals surface area (Å²) >= 11 is 6.20. The predicted molar refractivity (Wildman–Crippen MR) is 116 cm³/mol. The van der Waals surface area contributed by atoms with Gasteiger partial charge in [0.2, 0.25) is 5.28 Å². The van der Waals surface area contributed by atoms with Crippen molar-refractivity contribution in [1.82, 2.24) is 19.7 Å². The molecule has 0 aliphatic carbocycles.